The van der Waals surface area contributed by atoms with Gasteiger partial charge in [-0.25, -0.2) is 4.79 Å². The first-order valence-corrected chi connectivity index (χ1v) is 6.73. The highest BCUT2D eigenvalue weighted by atomic mass is 19.4. The third-order valence-corrected chi connectivity index (χ3v) is 2.74. The van der Waals surface area contributed by atoms with Crippen LogP contribution in [0.25, 0.3) is 0 Å². The van der Waals surface area contributed by atoms with E-state index in [4.69, 9.17) is 5.11 Å². The highest BCUT2D eigenvalue weighted by Gasteiger charge is 2.31. The molecule has 0 unspecified atom stereocenters. The standard InChI is InChI=1S/C14H17F3N2O4/c1-19(13(22)18-7-3-6-12(20)21)9-10-4-2-5-11(8-10)23-14(15,16)17/h2,4-5,8H,3,6-7,9H2,1H3,(H,18,22)(H,20,21). The zero-order valence-electron chi connectivity index (χ0n) is 12.4. The van der Waals surface area contributed by atoms with Gasteiger partial charge in [-0.2, -0.15) is 0 Å². The number of carboxylic acid groups (broad SMARTS) is 1. The van der Waals surface area contributed by atoms with Gasteiger partial charge < -0.3 is 20.1 Å². The highest BCUT2D eigenvalue weighted by molar-refractivity contribution is 5.74. The molecular formula is C14H17F3N2O4. The Morgan fingerprint density at radius 1 is 1.35 bits per heavy atom. The zero-order valence-corrected chi connectivity index (χ0v) is 12.4. The van der Waals surface area contributed by atoms with Gasteiger partial charge in [0.05, 0.1) is 0 Å². The Hall–Kier alpha value is -2.45. The lowest BCUT2D eigenvalue weighted by molar-refractivity contribution is -0.274. The summed E-state index contributed by atoms with van der Waals surface area (Å²) in [6.45, 7) is 0.284. The number of nitrogens with one attached hydrogen (secondary N) is 1. The van der Waals surface area contributed by atoms with E-state index in [0.29, 0.717) is 12.0 Å². The number of alkyl halides is 3. The molecule has 1 aromatic rings. The summed E-state index contributed by atoms with van der Waals surface area (Å²) in [7, 11) is 1.48. The number of aliphatic carboxylic acids is 1. The van der Waals surface area contributed by atoms with Gasteiger partial charge in [-0.3, -0.25) is 4.79 Å². The summed E-state index contributed by atoms with van der Waals surface area (Å²) in [4.78, 5) is 23.4. The van der Waals surface area contributed by atoms with Crippen LogP contribution in [-0.4, -0.2) is 42.0 Å². The van der Waals surface area contributed by atoms with Crippen molar-refractivity contribution in [3.63, 3.8) is 0 Å². The van der Waals surface area contributed by atoms with Crippen molar-refractivity contribution in [3.05, 3.63) is 29.8 Å². The number of urea groups is 1. The van der Waals surface area contributed by atoms with Crippen LogP contribution < -0.4 is 10.1 Å². The predicted molar refractivity (Wildman–Crippen MR) is 74.9 cm³/mol. The van der Waals surface area contributed by atoms with Crippen molar-refractivity contribution in [1.82, 2.24) is 10.2 Å². The fraction of sp³-hybridized carbons (Fsp3) is 0.429. The molecule has 0 aliphatic rings. The topological polar surface area (TPSA) is 78.9 Å². The number of hydrogen-bond acceptors (Lipinski definition) is 3. The minimum Gasteiger partial charge on any atom is -0.481 e. The fourth-order valence-electron chi connectivity index (χ4n) is 1.76. The van der Waals surface area contributed by atoms with Gasteiger partial charge in [0, 0.05) is 26.6 Å². The minimum atomic E-state index is -4.77. The molecular weight excluding hydrogens is 317 g/mol. The van der Waals surface area contributed by atoms with Crippen molar-refractivity contribution in [2.45, 2.75) is 25.7 Å². The first-order chi connectivity index (χ1) is 10.7. The second kappa shape index (κ2) is 8.25. The van der Waals surface area contributed by atoms with Gasteiger partial charge in [0.15, 0.2) is 0 Å². The van der Waals surface area contributed by atoms with Crippen molar-refractivity contribution >= 4 is 12.0 Å². The van der Waals surface area contributed by atoms with Crippen LogP contribution in [0.15, 0.2) is 24.3 Å². The van der Waals surface area contributed by atoms with Gasteiger partial charge in [-0.05, 0) is 24.1 Å². The second-order valence-corrected chi connectivity index (χ2v) is 4.78. The molecule has 0 fully saturated rings. The number of carboxylic acids is 1. The highest BCUT2D eigenvalue weighted by Crippen LogP contribution is 2.23. The van der Waals surface area contributed by atoms with Crippen molar-refractivity contribution < 1.29 is 32.6 Å². The Labute approximate surface area is 130 Å². The molecule has 1 rings (SSSR count). The van der Waals surface area contributed by atoms with E-state index in [1.54, 1.807) is 6.07 Å². The minimum absolute atomic E-state index is 0.0547. The number of ether oxygens (including phenoxy) is 1. The van der Waals surface area contributed by atoms with Crippen LogP contribution in [0.3, 0.4) is 0 Å². The van der Waals surface area contributed by atoms with E-state index in [1.807, 2.05) is 0 Å². The number of hydrogen-bond donors (Lipinski definition) is 2. The first-order valence-electron chi connectivity index (χ1n) is 6.73. The second-order valence-electron chi connectivity index (χ2n) is 4.78. The maximum atomic E-state index is 12.2. The first kappa shape index (κ1) is 18.6. The molecule has 0 bridgehead atoms. The predicted octanol–water partition coefficient (Wildman–Crippen LogP) is 2.59. The van der Waals surface area contributed by atoms with Crippen molar-refractivity contribution in [2.24, 2.45) is 0 Å². The van der Waals surface area contributed by atoms with E-state index in [0.717, 1.165) is 0 Å². The number of benzene rings is 1. The van der Waals surface area contributed by atoms with E-state index in [1.165, 1.54) is 30.1 Å². The average Bonchev–Trinajstić information content (AvgIpc) is 2.41. The molecule has 6 nitrogen and oxygen atoms in total. The van der Waals surface area contributed by atoms with Crippen LogP contribution in [0.4, 0.5) is 18.0 Å². The summed E-state index contributed by atoms with van der Waals surface area (Å²) in [5, 5.41) is 11.0. The normalized spacial score (nSPS) is 11.0. The van der Waals surface area contributed by atoms with Gasteiger partial charge in [-0.1, -0.05) is 12.1 Å². The largest absolute Gasteiger partial charge is 0.573 e. The molecule has 128 valence electrons. The lowest BCUT2D eigenvalue weighted by atomic mass is 10.2. The number of nitrogens with zero attached hydrogens (tertiary/aromatic N) is 1. The van der Waals surface area contributed by atoms with Crippen LogP contribution in [0, 0.1) is 0 Å². The maximum absolute atomic E-state index is 12.2. The molecule has 0 saturated heterocycles. The van der Waals surface area contributed by atoms with Crippen molar-refractivity contribution in [2.75, 3.05) is 13.6 Å². The summed E-state index contributed by atoms with van der Waals surface area (Å²) in [5.74, 6) is -1.31. The number of halogens is 3. The maximum Gasteiger partial charge on any atom is 0.573 e. The quantitative estimate of drug-likeness (QED) is 0.751. The van der Waals surface area contributed by atoms with Gasteiger partial charge in [0.2, 0.25) is 0 Å². The van der Waals surface area contributed by atoms with Crippen LogP contribution in [0.2, 0.25) is 0 Å². The summed E-state index contributed by atoms with van der Waals surface area (Å²) >= 11 is 0. The summed E-state index contributed by atoms with van der Waals surface area (Å²) in [6, 6.07) is 4.88. The Morgan fingerprint density at radius 2 is 2.04 bits per heavy atom. The van der Waals surface area contributed by atoms with Gasteiger partial charge >= 0.3 is 18.4 Å². The Balaban J connectivity index is 2.50. The Bertz CT molecular complexity index is 549. The van der Waals surface area contributed by atoms with E-state index in [2.05, 4.69) is 10.1 Å². The number of rotatable bonds is 7. The number of carbonyl (C=O) groups is 2. The van der Waals surface area contributed by atoms with Crippen molar-refractivity contribution in [3.8, 4) is 5.75 Å². The SMILES string of the molecule is CN(Cc1cccc(OC(F)(F)F)c1)C(=O)NCCCC(=O)O. The van der Waals surface area contributed by atoms with Crippen molar-refractivity contribution in [1.29, 1.82) is 0 Å². The smallest absolute Gasteiger partial charge is 0.481 e. The molecule has 0 aliphatic heterocycles. The average molecular weight is 334 g/mol. The molecule has 0 saturated carbocycles. The van der Waals surface area contributed by atoms with E-state index in [-0.39, 0.29) is 25.3 Å². The third kappa shape index (κ3) is 7.93. The summed E-state index contributed by atoms with van der Waals surface area (Å²) in [5.41, 5.74) is 0.468. The van der Waals surface area contributed by atoms with Crippen LogP contribution >= 0.6 is 0 Å². The van der Waals surface area contributed by atoms with Gasteiger partial charge in [-0.15, -0.1) is 13.2 Å². The van der Waals surface area contributed by atoms with Gasteiger partial charge in [0.25, 0.3) is 0 Å². The molecule has 2 amide bonds. The molecule has 23 heavy (non-hydrogen) atoms. The molecule has 0 radical (unpaired) electrons. The lowest BCUT2D eigenvalue weighted by Gasteiger charge is -2.18. The number of carbonyl (C=O) groups excluding carboxylic acids is 1. The molecule has 0 spiro atoms. The van der Waals surface area contributed by atoms with Crippen LogP contribution in [0.5, 0.6) is 5.75 Å². The Morgan fingerprint density at radius 3 is 2.65 bits per heavy atom. The monoisotopic (exact) mass is 334 g/mol. The molecule has 0 atom stereocenters. The van der Waals surface area contributed by atoms with E-state index >= 15 is 0 Å². The zero-order chi connectivity index (χ0) is 17.5. The lowest BCUT2D eigenvalue weighted by Crippen LogP contribution is -2.37. The summed E-state index contributed by atoms with van der Waals surface area (Å²) < 4.78 is 40.3. The van der Waals surface area contributed by atoms with E-state index in [9.17, 15) is 22.8 Å². The molecule has 9 heteroatoms. The molecule has 0 heterocycles. The van der Waals surface area contributed by atoms with Gasteiger partial charge in [0.1, 0.15) is 5.75 Å². The van der Waals surface area contributed by atoms with Crippen LogP contribution in [-0.2, 0) is 11.3 Å². The summed E-state index contributed by atoms with van der Waals surface area (Å²) in [6.07, 6.45) is -4.53. The molecule has 1 aromatic carbocycles. The Kier molecular flexibility index (Phi) is 6.67. The molecule has 0 aromatic heterocycles. The number of amides is 2. The molecule has 2 N–H and O–H groups in total. The fourth-order valence-corrected chi connectivity index (χ4v) is 1.76. The van der Waals surface area contributed by atoms with Crippen LogP contribution in [0.1, 0.15) is 18.4 Å². The third-order valence-electron chi connectivity index (χ3n) is 2.74. The van der Waals surface area contributed by atoms with E-state index < -0.39 is 18.4 Å². The molecule has 0 aliphatic carbocycles.